The van der Waals surface area contributed by atoms with E-state index in [0.29, 0.717) is 0 Å². The number of thiol groups is 2. The Bertz CT molecular complexity index is 1810. The molecule has 4 aromatic carbocycles. The van der Waals surface area contributed by atoms with E-state index in [1.807, 2.05) is 12.1 Å². The van der Waals surface area contributed by atoms with Crippen molar-refractivity contribution in [3.05, 3.63) is 132 Å². The Balaban J connectivity index is 1.60. The first kappa shape index (κ1) is 26.9. The third kappa shape index (κ3) is 4.08. The van der Waals surface area contributed by atoms with Crippen molar-refractivity contribution >= 4 is 25.3 Å². The van der Waals surface area contributed by atoms with Gasteiger partial charge in [-0.15, -0.1) is 25.3 Å². The van der Waals surface area contributed by atoms with Crippen LogP contribution >= 0.6 is 25.3 Å². The molecule has 0 atom stereocenters. The van der Waals surface area contributed by atoms with Crippen LogP contribution in [-0.2, 0) is 10.8 Å². The van der Waals surface area contributed by atoms with Crippen LogP contribution in [0.2, 0.25) is 0 Å². The third-order valence-electron chi connectivity index (χ3n) is 8.57. The molecule has 4 nitrogen and oxygen atoms in total. The Morgan fingerprint density at radius 1 is 0.500 bits per heavy atom. The Hall–Kier alpha value is -4.00. The smallest absolute Gasteiger partial charge is 0.124 e. The molecule has 0 amide bonds. The standard InChI is InChI=1S/C36H32N4S2/c1-35(2)27-19-11-17-25(31(27)41)30-22-40(24-15-9-6-10-16-24)34(38-30)36(3,4)28-20-12-18-26(32(28)42)29-21-39(33(35)37-29)23-13-7-5-8-14-23/h5-22,41-42H,1-4H3. The van der Waals surface area contributed by atoms with E-state index in [1.165, 1.54) is 0 Å². The van der Waals surface area contributed by atoms with Gasteiger partial charge in [-0.3, -0.25) is 0 Å². The summed E-state index contributed by atoms with van der Waals surface area (Å²) in [5, 5.41) is 0. The lowest BCUT2D eigenvalue weighted by Crippen LogP contribution is -2.25. The quantitative estimate of drug-likeness (QED) is 0.199. The number of imidazole rings is 2. The second kappa shape index (κ2) is 9.79. The van der Waals surface area contributed by atoms with Crippen LogP contribution in [0.25, 0.3) is 33.9 Å². The van der Waals surface area contributed by atoms with E-state index < -0.39 is 10.8 Å². The summed E-state index contributed by atoms with van der Waals surface area (Å²) in [4.78, 5) is 12.5. The van der Waals surface area contributed by atoms with Gasteiger partial charge >= 0.3 is 0 Å². The molecular weight excluding hydrogens is 553 g/mol. The van der Waals surface area contributed by atoms with Crippen molar-refractivity contribution in [3.63, 3.8) is 0 Å². The molecule has 0 unspecified atom stereocenters. The first-order chi connectivity index (χ1) is 20.2. The van der Waals surface area contributed by atoms with Gasteiger partial charge in [-0.25, -0.2) is 9.97 Å². The minimum atomic E-state index is -0.482. The Labute approximate surface area is 257 Å². The highest BCUT2D eigenvalue weighted by Crippen LogP contribution is 2.45. The molecule has 7 rings (SSSR count). The third-order valence-corrected chi connectivity index (χ3v) is 9.53. The van der Waals surface area contributed by atoms with Crippen molar-refractivity contribution in [2.75, 3.05) is 0 Å². The first-order valence-corrected chi connectivity index (χ1v) is 15.0. The molecule has 208 valence electrons. The molecule has 3 heterocycles. The summed E-state index contributed by atoms with van der Waals surface area (Å²) in [6.07, 6.45) is 4.28. The number of rotatable bonds is 2. The van der Waals surface area contributed by atoms with Crippen LogP contribution in [0, 0.1) is 0 Å². The zero-order valence-electron chi connectivity index (χ0n) is 24.1. The fourth-order valence-electron chi connectivity index (χ4n) is 6.22. The molecule has 0 N–H and O–H groups in total. The number of para-hydroxylation sites is 2. The predicted molar refractivity (Wildman–Crippen MR) is 177 cm³/mol. The summed E-state index contributed by atoms with van der Waals surface area (Å²) in [6.45, 7) is 8.88. The van der Waals surface area contributed by atoms with Crippen LogP contribution in [0.5, 0.6) is 0 Å². The summed E-state index contributed by atoms with van der Waals surface area (Å²) in [5.41, 5.74) is 7.07. The lowest BCUT2D eigenvalue weighted by atomic mass is 9.82. The van der Waals surface area contributed by atoms with Gasteiger partial charge in [0.05, 0.1) is 11.4 Å². The molecule has 1 aliphatic rings. The van der Waals surface area contributed by atoms with Crippen LogP contribution in [0.4, 0.5) is 0 Å². The highest BCUT2D eigenvalue weighted by atomic mass is 32.1. The van der Waals surface area contributed by atoms with Crippen LogP contribution in [-0.4, -0.2) is 19.1 Å². The van der Waals surface area contributed by atoms with Crippen LogP contribution in [0.15, 0.2) is 119 Å². The second-order valence-corrected chi connectivity index (χ2v) is 12.9. The fourth-order valence-corrected chi connectivity index (χ4v) is 7.31. The highest BCUT2D eigenvalue weighted by molar-refractivity contribution is 7.80. The van der Waals surface area contributed by atoms with Gasteiger partial charge in [0.1, 0.15) is 11.6 Å². The zero-order valence-corrected chi connectivity index (χ0v) is 25.9. The predicted octanol–water partition coefficient (Wildman–Crippen LogP) is 8.93. The SMILES string of the molecule is CC1(C)c2cccc(c2S)-c2cn(-c3ccccc3)c(n2)C(C)(C)c2cccc(c2S)-c2cn(-c3ccccc3)c1n2. The summed E-state index contributed by atoms with van der Waals surface area (Å²) in [7, 11) is 0. The Morgan fingerprint density at radius 2 is 0.881 bits per heavy atom. The van der Waals surface area contributed by atoms with E-state index in [2.05, 4.69) is 134 Å². The maximum atomic E-state index is 5.34. The molecule has 0 aliphatic carbocycles. The number of aromatic nitrogens is 4. The molecule has 0 saturated heterocycles. The average Bonchev–Trinajstić information content (AvgIpc) is 3.65. The van der Waals surface area contributed by atoms with Gasteiger partial charge in [-0.2, -0.15) is 0 Å². The van der Waals surface area contributed by atoms with Crippen molar-refractivity contribution in [1.29, 1.82) is 0 Å². The average molecular weight is 585 g/mol. The van der Waals surface area contributed by atoms with Crippen molar-refractivity contribution in [2.24, 2.45) is 0 Å². The van der Waals surface area contributed by atoms with Gasteiger partial charge < -0.3 is 9.13 Å². The van der Waals surface area contributed by atoms with Crippen molar-refractivity contribution < 1.29 is 0 Å². The normalized spacial score (nSPS) is 14.8. The minimum absolute atomic E-state index is 0.482. The van der Waals surface area contributed by atoms with E-state index in [9.17, 15) is 0 Å². The molecule has 1 aliphatic heterocycles. The lowest BCUT2D eigenvalue weighted by Gasteiger charge is -2.29. The van der Waals surface area contributed by atoms with E-state index in [0.717, 1.165) is 66.5 Å². The monoisotopic (exact) mass is 584 g/mol. The second-order valence-electron chi connectivity index (χ2n) is 12.0. The minimum Gasteiger partial charge on any atom is -0.302 e. The number of hydrogen-bond acceptors (Lipinski definition) is 4. The van der Waals surface area contributed by atoms with Gasteiger partial charge in [-0.1, -0.05) is 72.8 Å². The number of hydrogen-bond donors (Lipinski definition) is 2. The molecule has 2 aromatic heterocycles. The van der Waals surface area contributed by atoms with Crippen LogP contribution in [0.1, 0.15) is 50.5 Å². The summed E-state index contributed by atoms with van der Waals surface area (Å²) in [5.74, 6) is 1.86. The summed E-state index contributed by atoms with van der Waals surface area (Å²) >= 11 is 10.4. The van der Waals surface area contributed by atoms with Crippen molar-refractivity contribution in [3.8, 4) is 33.9 Å². The summed E-state index contributed by atoms with van der Waals surface area (Å²) in [6, 6.07) is 33.6. The summed E-state index contributed by atoms with van der Waals surface area (Å²) < 4.78 is 4.42. The molecular formula is C36H32N4S2. The Kier molecular flexibility index (Phi) is 6.26. The van der Waals surface area contributed by atoms with Gasteiger partial charge in [0, 0.05) is 55.5 Å². The van der Waals surface area contributed by atoms with Crippen molar-refractivity contribution in [2.45, 2.75) is 48.3 Å². The molecule has 6 heteroatoms. The largest absolute Gasteiger partial charge is 0.302 e. The lowest BCUT2D eigenvalue weighted by molar-refractivity contribution is 0.567. The van der Waals surface area contributed by atoms with E-state index >= 15 is 0 Å². The molecule has 0 saturated carbocycles. The molecule has 8 bridgehead atoms. The maximum Gasteiger partial charge on any atom is 0.124 e. The van der Waals surface area contributed by atoms with Gasteiger partial charge in [-0.05, 0) is 63.1 Å². The fraction of sp³-hybridized carbons (Fsp3) is 0.167. The van der Waals surface area contributed by atoms with Crippen LogP contribution < -0.4 is 0 Å². The van der Waals surface area contributed by atoms with Gasteiger partial charge in [0.2, 0.25) is 0 Å². The Morgan fingerprint density at radius 3 is 1.26 bits per heavy atom. The van der Waals surface area contributed by atoms with Gasteiger partial charge in [0.15, 0.2) is 0 Å². The van der Waals surface area contributed by atoms with E-state index in [1.54, 1.807) is 0 Å². The molecule has 6 aromatic rings. The van der Waals surface area contributed by atoms with Gasteiger partial charge in [0.25, 0.3) is 0 Å². The van der Waals surface area contributed by atoms with Crippen LogP contribution in [0.3, 0.4) is 0 Å². The maximum absolute atomic E-state index is 5.34. The number of fused-ring (bicyclic) bond motifs is 10. The topological polar surface area (TPSA) is 35.6 Å². The van der Waals surface area contributed by atoms with E-state index in [-0.39, 0.29) is 0 Å². The molecule has 0 fully saturated rings. The molecule has 42 heavy (non-hydrogen) atoms. The first-order valence-electron chi connectivity index (χ1n) is 14.1. The number of nitrogens with zero attached hydrogens (tertiary/aromatic N) is 4. The molecule has 0 radical (unpaired) electrons. The van der Waals surface area contributed by atoms with E-state index in [4.69, 9.17) is 35.2 Å². The highest BCUT2D eigenvalue weighted by Gasteiger charge is 2.36. The number of benzene rings is 4. The molecule has 0 spiro atoms. The zero-order chi connectivity index (χ0) is 29.2. The van der Waals surface area contributed by atoms with Crippen molar-refractivity contribution in [1.82, 2.24) is 19.1 Å².